The van der Waals surface area contributed by atoms with Crippen LogP contribution in [0.5, 0.6) is 5.75 Å². The van der Waals surface area contributed by atoms with Crippen LogP contribution in [0.2, 0.25) is 0 Å². The molecule has 100 valence electrons. The minimum Gasteiger partial charge on any atom is -0.497 e. The number of fused-ring (bicyclic) bond motifs is 1. The molecule has 0 amide bonds. The molecule has 5 heteroatoms. The lowest BCUT2D eigenvalue weighted by Gasteiger charge is -2.04. The van der Waals surface area contributed by atoms with Crippen LogP contribution in [-0.4, -0.2) is 18.0 Å². The molecule has 1 aromatic heterocycles. The first-order valence-corrected chi connectivity index (χ1v) is 5.98. The standard InChI is InChI=1S/C15H11NO4/c1-19-12-5-3-11(4-6-12)16-13-7-2-10(9-17)8-14(13)20-15(16)18/h2-9H,1H3. The van der Waals surface area contributed by atoms with Crippen LogP contribution in [0, 0.1) is 0 Å². The van der Waals surface area contributed by atoms with E-state index in [1.807, 2.05) is 0 Å². The number of rotatable bonds is 3. The van der Waals surface area contributed by atoms with Crippen LogP contribution in [0.4, 0.5) is 0 Å². The second-order valence-electron chi connectivity index (χ2n) is 4.25. The summed E-state index contributed by atoms with van der Waals surface area (Å²) >= 11 is 0. The second-order valence-corrected chi connectivity index (χ2v) is 4.25. The Morgan fingerprint density at radius 2 is 1.90 bits per heavy atom. The van der Waals surface area contributed by atoms with Crippen LogP contribution < -0.4 is 10.5 Å². The molecule has 0 aliphatic carbocycles. The van der Waals surface area contributed by atoms with E-state index in [-0.39, 0.29) is 0 Å². The molecule has 2 aromatic carbocycles. The normalized spacial score (nSPS) is 10.7. The zero-order chi connectivity index (χ0) is 14.1. The maximum Gasteiger partial charge on any atom is 0.424 e. The summed E-state index contributed by atoms with van der Waals surface area (Å²) in [4.78, 5) is 22.7. The van der Waals surface area contributed by atoms with Crippen molar-refractivity contribution in [2.24, 2.45) is 0 Å². The largest absolute Gasteiger partial charge is 0.497 e. The molecule has 0 atom stereocenters. The number of hydrogen-bond donors (Lipinski definition) is 0. The lowest BCUT2D eigenvalue weighted by molar-refractivity contribution is 0.112. The SMILES string of the molecule is COc1ccc(-n2c(=O)oc3cc(C=O)ccc32)cc1. The molecule has 5 nitrogen and oxygen atoms in total. The fourth-order valence-corrected chi connectivity index (χ4v) is 2.08. The monoisotopic (exact) mass is 269 g/mol. The van der Waals surface area contributed by atoms with Crippen molar-refractivity contribution in [1.82, 2.24) is 4.57 Å². The molecule has 0 saturated heterocycles. The number of aldehydes is 1. The Labute approximate surface area is 114 Å². The first-order chi connectivity index (χ1) is 9.72. The topological polar surface area (TPSA) is 61.4 Å². The van der Waals surface area contributed by atoms with Crippen molar-refractivity contribution in [3.63, 3.8) is 0 Å². The number of hydrogen-bond acceptors (Lipinski definition) is 4. The smallest absolute Gasteiger partial charge is 0.424 e. The molecule has 0 saturated carbocycles. The zero-order valence-electron chi connectivity index (χ0n) is 10.7. The van der Waals surface area contributed by atoms with E-state index in [9.17, 15) is 9.59 Å². The van der Waals surface area contributed by atoms with Gasteiger partial charge in [0.25, 0.3) is 0 Å². The third-order valence-electron chi connectivity index (χ3n) is 3.07. The van der Waals surface area contributed by atoms with E-state index in [0.717, 1.165) is 0 Å². The molecule has 0 unspecified atom stereocenters. The zero-order valence-corrected chi connectivity index (χ0v) is 10.7. The molecule has 3 rings (SSSR count). The van der Waals surface area contributed by atoms with Crippen LogP contribution in [0.1, 0.15) is 10.4 Å². The molecule has 0 N–H and O–H groups in total. The molecule has 1 heterocycles. The third-order valence-corrected chi connectivity index (χ3v) is 3.07. The minimum absolute atomic E-state index is 0.385. The summed E-state index contributed by atoms with van der Waals surface area (Å²) in [6.07, 6.45) is 0.712. The van der Waals surface area contributed by atoms with Crippen molar-refractivity contribution in [2.45, 2.75) is 0 Å². The summed E-state index contributed by atoms with van der Waals surface area (Å²) in [5.74, 6) is 0.214. The maximum atomic E-state index is 12.0. The Bertz CT molecular complexity index is 827. The number of benzene rings is 2. The Morgan fingerprint density at radius 3 is 2.55 bits per heavy atom. The average molecular weight is 269 g/mol. The lowest BCUT2D eigenvalue weighted by Crippen LogP contribution is -2.11. The predicted octanol–water partition coefficient (Wildman–Crippen LogP) is 2.40. The van der Waals surface area contributed by atoms with Gasteiger partial charge in [-0.25, -0.2) is 9.36 Å². The highest BCUT2D eigenvalue weighted by Crippen LogP contribution is 2.20. The van der Waals surface area contributed by atoms with Crippen LogP contribution >= 0.6 is 0 Å². The number of oxazole rings is 1. The van der Waals surface area contributed by atoms with Gasteiger partial charge in [0.1, 0.15) is 12.0 Å². The first-order valence-electron chi connectivity index (χ1n) is 5.98. The first kappa shape index (κ1) is 12.2. The molecular weight excluding hydrogens is 258 g/mol. The highest BCUT2D eigenvalue weighted by atomic mass is 16.5. The number of methoxy groups -OCH3 is 1. The minimum atomic E-state index is -0.492. The van der Waals surface area contributed by atoms with Gasteiger partial charge in [-0.2, -0.15) is 0 Å². The summed E-state index contributed by atoms with van der Waals surface area (Å²) in [5.41, 5.74) is 2.14. The molecule has 3 aromatic rings. The van der Waals surface area contributed by atoms with Crippen molar-refractivity contribution in [1.29, 1.82) is 0 Å². The molecule has 0 bridgehead atoms. The second kappa shape index (κ2) is 4.70. The summed E-state index contributed by atoms with van der Waals surface area (Å²) in [6.45, 7) is 0. The van der Waals surface area contributed by atoms with Crippen LogP contribution in [0.25, 0.3) is 16.8 Å². The van der Waals surface area contributed by atoms with Crippen molar-refractivity contribution >= 4 is 17.4 Å². The van der Waals surface area contributed by atoms with Gasteiger partial charge in [0.15, 0.2) is 5.58 Å². The molecule has 0 radical (unpaired) electrons. The highest BCUT2D eigenvalue weighted by Gasteiger charge is 2.11. The number of carbonyl (C=O) groups is 1. The lowest BCUT2D eigenvalue weighted by atomic mass is 10.2. The Kier molecular flexibility index (Phi) is 2.87. The van der Waals surface area contributed by atoms with Gasteiger partial charge in [0, 0.05) is 5.56 Å². The van der Waals surface area contributed by atoms with Crippen molar-refractivity contribution in [2.75, 3.05) is 7.11 Å². The summed E-state index contributed by atoms with van der Waals surface area (Å²) < 4.78 is 11.7. The van der Waals surface area contributed by atoms with E-state index in [1.165, 1.54) is 4.57 Å². The number of aromatic nitrogens is 1. The van der Waals surface area contributed by atoms with Crippen LogP contribution in [0.15, 0.2) is 51.7 Å². The van der Waals surface area contributed by atoms with Gasteiger partial charge in [-0.15, -0.1) is 0 Å². The van der Waals surface area contributed by atoms with Gasteiger partial charge in [-0.1, -0.05) is 0 Å². The van der Waals surface area contributed by atoms with E-state index in [1.54, 1.807) is 49.6 Å². The van der Waals surface area contributed by atoms with E-state index in [2.05, 4.69) is 0 Å². The van der Waals surface area contributed by atoms with Crippen LogP contribution in [-0.2, 0) is 0 Å². The van der Waals surface area contributed by atoms with E-state index in [4.69, 9.17) is 9.15 Å². The Balaban J connectivity index is 2.21. The molecular formula is C15H11NO4. The highest BCUT2D eigenvalue weighted by molar-refractivity contribution is 5.84. The van der Waals surface area contributed by atoms with E-state index >= 15 is 0 Å². The number of ether oxygens (including phenoxy) is 1. The van der Waals surface area contributed by atoms with Gasteiger partial charge in [0.2, 0.25) is 0 Å². The van der Waals surface area contributed by atoms with Gasteiger partial charge in [-0.05, 0) is 42.5 Å². The fraction of sp³-hybridized carbons (Fsp3) is 0.0667. The Hall–Kier alpha value is -2.82. The maximum absolute atomic E-state index is 12.0. The third kappa shape index (κ3) is 1.89. The quantitative estimate of drug-likeness (QED) is 0.685. The number of nitrogens with zero attached hydrogens (tertiary/aromatic N) is 1. The van der Waals surface area contributed by atoms with Gasteiger partial charge >= 0.3 is 5.76 Å². The molecule has 20 heavy (non-hydrogen) atoms. The molecule has 0 aliphatic rings. The summed E-state index contributed by atoms with van der Waals surface area (Å²) in [5, 5.41) is 0. The van der Waals surface area contributed by atoms with Gasteiger partial charge in [0.05, 0.1) is 18.3 Å². The molecule has 0 aliphatic heterocycles. The van der Waals surface area contributed by atoms with Crippen molar-refractivity contribution in [3.8, 4) is 11.4 Å². The molecule has 0 fully saturated rings. The fourth-order valence-electron chi connectivity index (χ4n) is 2.08. The molecule has 0 spiro atoms. The summed E-state index contributed by atoms with van der Waals surface area (Å²) in [6, 6.07) is 11.9. The summed E-state index contributed by atoms with van der Waals surface area (Å²) in [7, 11) is 1.58. The van der Waals surface area contributed by atoms with E-state index in [0.29, 0.717) is 34.4 Å². The van der Waals surface area contributed by atoms with Crippen molar-refractivity contribution in [3.05, 3.63) is 58.6 Å². The Morgan fingerprint density at radius 1 is 1.15 bits per heavy atom. The van der Waals surface area contributed by atoms with Crippen LogP contribution in [0.3, 0.4) is 0 Å². The average Bonchev–Trinajstić information content (AvgIpc) is 2.82. The predicted molar refractivity (Wildman–Crippen MR) is 73.8 cm³/mol. The van der Waals surface area contributed by atoms with E-state index < -0.39 is 5.76 Å². The van der Waals surface area contributed by atoms with Crippen molar-refractivity contribution < 1.29 is 13.9 Å². The van der Waals surface area contributed by atoms with Gasteiger partial charge < -0.3 is 9.15 Å². The number of carbonyl (C=O) groups excluding carboxylic acids is 1. The van der Waals surface area contributed by atoms with Gasteiger partial charge in [-0.3, -0.25) is 4.79 Å².